The first kappa shape index (κ1) is 14.8. The molecular formula is C14H11ClN2O4S. The number of fused-ring (bicyclic) bond motifs is 1. The molecule has 2 aromatic carbocycles. The Balaban J connectivity index is 2.17. The van der Waals surface area contributed by atoms with E-state index in [0.717, 1.165) is 0 Å². The summed E-state index contributed by atoms with van der Waals surface area (Å²) in [6, 6.07) is 11.3. The summed E-state index contributed by atoms with van der Waals surface area (Å²) in [4.78, 5) is 10.5. The molecule has 0 N–H and O–H groups in total. The number of sulfonamides is 1. The molecule has 0 aromatic heterocycles. The third-order valence-electron chi connectivity index (χ3n) is 3.55. The van der Waals surface area contributed by atoms with Gasteiger partial charge in [0.25, 0.3) is 5.69 Å². The third-order valence-corrected chi connectivity index (χ3v) is 5.57. The first-order valence-corrected chi connectivity index (χ1v) is 8.39. The standard InChI is InChI=1S/C14H11ClN2O4S/c15-13-6-7-14(17(18)19)12-9-22(20,21)16(8-11(12)13)10-4-2-1-3-5-10/h1-7H,8-9H2. The summed E-state index contributed by atoms with van der Waals surface area (Å²) in [7, 11) is -3.69. The quantitative estimate of drug-likeness (QED) is 0.622. The van der Waals surface area contributed by atoms with Crippen LogP contribution in [0, 0.1) is 10.1 Å². The van der Waals surface area contributed by atoms with Gasteiger partial charge in [-0.05, 0) is 18.2 Å². The highest BCUT2D eigenvalue weighted by atomic mass is 35.5. The smallest absolute Gasteiger partial charge is 0.265 e. The fourth-order valence-electron chi connectivity index (χ4n) is 2.50. The van der Waals surface area contributed by atoms with Crippen LogP contribution in [0.25, 0.3) is 0 Å². The van der Waals surface area contributed by atoms with Gasteiger partial charge in [-0.25, -0.2) is 8.42 Å². The molecule has 0 fully saturated rings. The molecule has 3 rings (SSSR count). The zero-order valence-electron chi connectivity index (χ0n) is 11.3. The lowest BCUT2D eigenvalue weighted by Gasteiger charge is -2.30. The number of nitrogens with zero attached hydrogens (tertiary/aromatic N) is 2. The SMILES string of the molecule is O=[N+]([O-])c1ccc(Cl)c2c1CS(=O)(=O)N(c1ccccc1)C2. The maximum atomic E-state index is 12.5. The maximum absolute atomic E-state index is 12.5. The molecule has 0 aliphatic carbocycles. The summed E-state index contributed by atoms with van der Waals surface area (Å²) in [5.41, 5.74) is 0.950. The van der Waals surface area contributed by atoms with Crippen molar-refractivity contribution >= 4 is 33.0 Å². The highest BCUT2D eigenvalue weighted by Crippen LogP contribution is 2.37. The fraction of sp³-hybridized carbons (Fsp3) is 0.143. The van der Waals surface area contributed by atoms with Crippen LogP contribution in [0.2, 0.25) is 5.02 Å². The van der Waals surface area contributed by atoms with Crippen LogP contribution in [0.1, 0.15) is 11.1 Å². The lowest BCUT2D eigenvalue weighted by molar-refractivity contribution is -0.385. The minimum Gasteiger partial charge on any atom is -0.265 e. The Hall–Kier alpha value is -2.12. The Labute approximate surface area is 132 Å². The number of rotatable bonds is 2. The predicted molar refractivity (Wildman–Crippen MR) is 83.4 cm³/mol. The van der Waals surface area contributed by atoms with Crippen molar-refractivity contribution in [2.24, 2.45) is 0 Å². The van der Waals surface area contributed by atoms with Crippen molar-refractivity contribution in [3.8, 4) is 0 Å². The molecule has 1 heterocycles. The second-order valence-electron chi connectivity index (χ2n) is 4.88. The van der Waals surface area contributed by atoms with Gasteiger partial charge in [0.05, 0.1) is 22.7 Å². The lowest BCUT2D eigenvalue weighted by Crippen LogP contribution is -2.36. The second kappa shape index (κ2) is 5.26. The maximum Gasteiger partial charge on any atom is 0.274 e. The van der Waals surface area contributed by atoms with Crippen molar-refractivity contribution in [1.82, 2.24) is 0 Å². The number of para-hydroxylation sites is 1. The minimum absolute atomic E-state index is 0.0117. The van der Waals surface area contributed by atoms with Gasteiger partial charge in [-0.15, -0.1) is 0 Å². The van der Waals surface area contributed by atoms with Gasteiger partial charge < -0.3 is 0 Å². The molecule has 0 saturated carbocycles. The van der Waals surface area contributed by atoms with Gasteiger partial charge in [-0.1, -0.05) is 29.8 Å². The highest BCUT2D eigenvalue weighted by Gasteiger charge is 2.35. The number of anilines is 1. The summed E-state index contributed by atoms with van der Waals surface area (Å²) in [6.07, 6.45) is 0. The predicted octanol–water partition coefficient (Wildman–Crippen LogP) is 3.10. The van der Waals surface area contributed by atoms with Gasteiger partial charge in [-0.2, -0.15) is 0 Å². The minimum atomic E-state index is -3.69. The van der Waals surface area contributed by atoms with Gasteiger partial charge >= 0.3 is 0 Å². The first-order chi connectivity index (χ1) is 10.4. The zero-order valence-corrected chi connectivity index (χ0v) is 12.8. The molecule has 2 aromatic rings. The van der Waals surface area contributed by atoms with Crippen molar-refractivity contribution in [2.75, 3.05) is 4.31 Å². The lowest BCUT2D eigenvalue weighted by atomic mass is 10.1. The molecule has 6 nitrogen and oxygen atoms in total. The first-order valence-electron chi connectivity index (χ1n) is 6.40. The van der Waals surface area contributed by atoms with Crippen LogP contribution in [0.15, 0.2) is 42.5 Å². The molecule has 22 heavy (non-hydrogen) atoms. The van der Waals surface area contributed by atoms with Crippen LogP contribution < -0.4 is 4.31 Å². The van der Waals surface area contributed by atoms with Gasteiger partial charge in [0.2, 0.25) is 10.0 Å². The Morgan fingerprint density at radius 2 is 1.77 bits per heavy atom. The van der Waals surface area contributed by atoms with E-state index in [1.807, 2.05) is 0 Å². The van der Waals surface area contributed by atoms with E-state index in [9.17, 15) is 18.5 Å². The summed E-state index contributed by atoms with van der Waals surface area (Å²) in [6.45, 7) is -0.0117. The fourth-order valence-corrected chi connectivity index (χ4v) is 4.35. The highest BCUT2D eigenvalue weighted by molar-refractivity contribution is 7.92. The molecule has 0 amide bonds. The Bertz CT molecular complexity index is 853. The summed E-state index contributed by atoms with van der Waals surface area (Å²) in [5.74, 6) is -0.436. The number of halogens is 1. The molecule has 0 radical (unpaired) electrons. The van der Waals surface area contributed by atoms with Gasteiger partial charge in [-0.3, -0.25) is 14.4 Å². The number of nitro benzene ring substituents is 1. The van der Waals surface area contributed by atoms with Crippen molar-refractivity contribution < 1.29 is 13.3 Å². The summed E-state index contributed by atoms with van der Waals surface area (Å²) >= 11 is 6.12. The van der Waals surface area contributed by atoms with E-state index in [0.29, 0.717) is 16.3 Å². The molecule has 0 saturated heterocycles. The van der Waals surface area contributed by atoms with Gasteiger partial charge in [0.1, 0.15) is 5.75 Å². The van der Waals surface area contributed by atoms with Crippen LogP contribution >= 0.6 is 11.6 Å². The molecule has 1 aliphatic heterocycles. The molecular weight excluding hydrogens is 328 g/mol. The number of hydrogen-bond acceptors (Lipinski definition) is 4. The van der Waals surface area contributed by atoms with Crippen LogP contribution in [0.4, 0.5) is 11.4 Å². The largest absolute Gasteiger partial charge is 0.274 e. The van der Waals surface area contributed by atoms with Crippen molar-refractivity contribution in [3.63, 3.8) is 0 Å². The van der Waals surface area contributed by atoms with Crippen LogP contribution in [-0.2, 0) is 22.3 Å². The summed E-state index contributed by atoms with van der Waals surface area (Å²) in [5, 5.41) is 11.4. The zero-order chi connectivity index (χ0) is 15.9. The Kier molecular flexibility index (Phi) is 3.54. The van der Waals surface area contributed by atoms with E-state index in [2.05, 4.69) is 0 Å². The second-order valence-corrected chi connectivity index (χ2v) is 7.18. The molecule has 0 unspecified atom stereocenters. The average molecular weight is 339 g/mol. The van der Waals surface area contributed by atoms with E-state index in [1.165, 1.54) is 16.4 Å². The molecule has 114 valence electrons. The monoisotopic (exact) mass is 338 g/mol. The van der Waals surface area contributed by atoms with Crippen LogP contribution in [0.5, 0.6) is 0 Å². The van der Waals surface area contributed by atoms with Gasteiger partial charge in [0, 0.05) is 16.7 Å². The molecule has 1 aliphatic rings. The molecule has 0 bridgehead atoms. The van der Waals surface area contributed by atoms with Gasteiger partial charge in [0.15, 0.2) is 0 Å². The molecule has 0 atom stereocenters. The van der Waals surface area contributed by atoms with E-state index in [-0.39, 0.29) is 17.8 Å². The third kappa shape index (κ3) is 2.42. The van der Waals surface area contributed by atoms with E-state index >= 15 is 0 Å². The van der Waals surface area contributed by atoms with Crippen LogP contribution in [0.3, 0.4) is 0 Å². The topological polar surface area (TPSA) is 80.5 Å². The average Bonchev–Trinajstić information content (AvgIpc) is 2.46. The normalized spacial score (nSPS) is 16.1. The van der Waals surface area contributed by atoms with E-state index < -0.39 is 20.7 Å². The Morgan fingerprint density at radius 1 is 1.09 bits per heavy atom. The van der Waals surface area contributed by atoms with E-state index in [4.69, 9.17) is 11.6 Å². The Morgan fingerprint density at radius 3 is 2.41 bits per heavy atom. The molecule has 8 heteroatoms. The molecule has 0 spiro atoms. The van der Waals surface area contributed by atoms with Crippen molar-refractivity contribution in [1.29, 1.82) is 0 Å². The van der Waals surface area contributed by atoms with Crippen molar-refractivity contribution in [2.45, 2.75) is 12.3 Å². The number of nitro groups is 1. The van der Waals surface area contributed by atoms with Crippen LogP contribution in [-0.4, -0.2) is 13.3 Å². The number of benzene rings is 2. The number of hydrogen-bond donors (Lipinski definition) is 0. The van der Waals surface area contributed by atoms with Crippen molar-refractivity contribution in [3.05, 3.63) is 68.7 Å². The van der Waals surface area contributed by atoms with E-state index in [1.54, 1.807) is 30.3 Å². The summed E-state index contributed by atoms with van der Waals surface area (Å²) < 4.78 is 26.2.